The zero-order valence-electron chi connectivity index (χ0n) is 16.6. The first-order valence-corrected chi connectivity index (χ1v) is 9.44. The third-order valence-electron chi connectivity index (χ3n) is 4.64. The summed E-state index contributed by atoms with van der Waals surface area (Å²) >= 11 is 0. The smallest absolute Gasteiger partial charge is 0.410 e. The number of likely N-dealkylation sites (tertiary alicyclic amines) is 1. The van der Waals surface area contributed by atoms with Gasteiger partial charge < -0.3 is 20.3 Å². The number of rotatable bonds is 3. The molecule has 1 aliphatic rings. The molecule has 27 heavy (non-hydrogen) atoms. The molecule has 0 unspecified atom stereocenters. The number of nitrogens with two attached hydrogens (primary N) is 1. The van der Waals surface area contributed by atoms with Crippen molar-refractivity contribution < 1.29 is 9.53 Å². The molecule has 1 fully saturated rings. The summed E-state index contributed by atoms with van der Waals surface area (Å²) in [7, 11) is 1.97. The minimum Gasteiger partial charge on any atom is -0.444 e. The summed E-state index contributed by atoms with van der Waals surface area (Å²) in [5.74, 6) is 1.45. The highest BCUT2D eigenvalue weighted by molar-refractivity contribution is 5.79. The Bertz CT molecular complexity index is 818. The maximum atomic E-state index is 12.4. The van der Waals surface area contributed by atoms with E-state index in [0.717, 1.165) is 37.0 Å². The van der Waals surface area contributed by atoms with E-state index >= 15 is 0 Å². The molecule has 1 aromatic heterocycles. The molecule has 1 aliphatic heterocycles. The fourth-order valence-corrected chi connectivity index (χ4v) is 3.47. The Morgan fingerprint density at radius 3 is 2.63 bits per heavy atom. The van der Waals surface area contributed by atoms with Crippen LogP contribution >= 0.6 is 0 Å². The number of carbonyl (C=O) groups excluding carboxylic acids is 1. The van der Waals surface area contributed by atoms with Crippen LogP contribution in [0.3, 0.4) is 0 Å². The topological polar surface area (TPSA) is 84.6 Å². The molecule has 0 spiro atoms. The van der Waals surface area contributed by atoms with Gasteiger partial charge in [0.05, 0.1) is 11.0 Å². The van der Waals surface area contributed by atoms with E-state index in [1.54, 1.807) is 0 Å². The number of hydrogen-bond acceptors (Lipinski definition) is 6. The van der Waals surface area contributed by atoms with Gasteiger partial charge in [-0.15, -0.1) is 0 Å². The fraction of sp³-hybridized carbons (Fsp3) is 0.550. The van der Waals surface area contributed by atoms with Gasteiger partial charge >= 0.3 is 6.09 Å². The number of hydrogen-bond donors (Lipinski definition) is 1. The van der Waals surface area contributed by atoms with Gasteiger partial charge in [-0.2, -0.15) is 0 Å². The molecule has 1 amide bonds. The molecule has 3 rings (SSSR count). The summed E-state index contributed by atoms with van der Waals surface area (Å²) in [6.07, 6.45) is 1.79. The number of ether oxygens (including phenoxy) is 1. The van der Waals surface area contributed by atoms with Gasteiger partial charge in [0.1, 0.15) is 5.60 Å². The molecule has 0 radical (unpaired) electrons. The maximum absolute atomic E-state index is 12.4. The molecule has 1 aromatic carbocycles. The minimum atomic E-state index is -0.476. The second-order valence-corrected chi connectivity index (χ2v) is 8.24. The summed E-state index contributed by atoms with van der Waals surface area (Å²) in [6.45, 7) is 7.85. The largest absolute Gasteiger partial charge is 0.444 e. The van der Waals surface area contributed by atoms with Gasteiger partial charge in [-0.25, -0.2) is 14.8 Å². The van der Waals surface area contributed by atoms with Gasteiger partial charge in [-0.05, 0) is 51.7 Å². The van der Waals surface area contributed by atoms with E-state index in [9.17, 15) is 4.79 Å². The van der Waals surface area contributed by atoms with Crippen molar-refractivity contribution >= 4 is 28.8 Å². The van der Waals surface area contributed by atoms with Gasteiger partial charge in [-0.3, -0.25) is 0 Å². The average Bonchev–Trinajstić information content (AvgIpc) is 2.60. The molecule has 1 atom stereocenters. The Labute approximate surface area is 160 Å². The molecule has 2 N–H and O–H groups in total. The van der Waals surface area contributed by atoms with Crippen LogP contribution in [0.25, 0.3) is 11.0 Å². The predicted molar refractivity (Wildman–Crippen MR) is 108 cm³/mol. The van der Waals surface area contributed by atoms with Crippen molar-refractivity contribution in [3.8, 4) is 0 Å². The summed E-state index contributed by atoms with van der Waals surface area (Å²) < 4.78 is 5.51. The van der Waals surface area contributed by atoms with Crippen molar-refractivity contribution in [3.63, 3.8) is 0 Å². The van der Waals surface area contributed by atoms with E-state index in [1.807, 2.05) is 61.9 Å². The molecule has 0 bridgehead atoms. The predicted octanol–water partition coefficient (Wildman–Crippen LogP) is 3.30. The number of anilines is 2. The van der Waals surface area contributed by atoms with Gasteiger partial charge in [0.25, 0.3) is 0 Å². The van der Waals surface area contributed by atoms with E-state index in [-0.39, 0.29) is 6.09 Å². The molecule has 2 aromatic rings. The number of piperidine rings is 1. The number of amides is 1. The number of nitrogens with zero attached hydrogens (tertiary/aromatic N) is 4. The van der Waals surface area contributed by atoms with Crippen molar-refractivity contribution in [1.29, 1.82) is 0 Å². The fourth-order valence-electron chi connectivity index (χ4n) is 3.47. The Morgan fingerprint density at radius 1 is 1.30 bits per heavy atom. The third kappa shape index (κ3) is 4.78. The normalized spacial score (nSPS) is 17.8. The zero-order chi connectivity index (χ0) is 19.6. The summed E-state index contributed by atoms with van der Waals surface area (Å²) in [4.78, 5) is 25.3. The van der Waals surface area contributed by atoms with Crippen LogP contribution in [0, 0.1) is 5.92 Å². The number of nitrogen functional groups attached to an aromatic ring is 1. The van der Waals surface area contributed by atoms with Gasteiger partial charge in [0.2, 0.25) is 0 Å². The second kappa shape index (κ2) is 7.58. The lowest BCUT2D eigenvalue weighted by Gasteiger charge is -2.36. The second-order valence-electron chi connectivity index (χ2n) is 8.24. The van der Waals surface area contributed by atoms with E-state index < -0.39 is 5.60 Å². The lowest BCUT2D eigenvalue weighted by Crippen LogP contribution is -2.45. The molecule has 0 aliphatic carbocycles. The minimum absolute atomic E-state index is 0.236. The van der Waals surface area contributed by atoms with E-state index in [2.05, 4.69) is 9.97 Å². The van der Waals surface area contributed by atoms with E-state index in [1.165, 1.54) is 0 Å². The first kappa shape index (κ1) is 19.2. The number of carbonyl (C=O) groups is 1. The van der Waals surface area contributed by atoms with Crippen LogP contribution in [0.5, 0.6) is 0 Å². The van der Waals surface area contributed by atoms with Crippen molar-refractivity contribution in [1.82, 2.24) is 14.9 Å². The van der Waals surface area contributed by atoms with Crippen molar-refractivity contribution in [3.05, 3.63) is 24.3 Å². The Kier molecular flexibility index (Phi) is 5.39. The molecule has 2 heterocycles. The summed E-state index contributed by atoms with van der Waals surface area (Å²) in [5, 5.41) is 0. The highest BCUT2D eigenvalue weighted by Gasteiger charge is 2.28. The van der Waals surface area contributed by atoms with Crippen LogP contribution in [0.4, 0.5) is 16.4 Å². The molecule has 7 heteroatoms. The van der Waals surface area contributed by atoms with Crippen LogP contribution in [-0.2, 0) is 4.74 Å². The first-order chi connectivity index (χ1) is 12.7. The lowest BCUT2D eigenvalue weighted by atomic mass is 9.98. The van der Waals surface area contributed by atoms with Gasteiger partial charge in [0, 0.05) is 26.7 Å². The molecule has 0 saturated carbocycles. The number of aromatic nitrogens is 2. The monoisotopic (exact) mass is 371 g/mol. The van der Waals surface area contributed by atoms with E-state index in [4.69, 9.17) is 10.5 Å². The van der Waals surface area contributed by atoms with Gasteiger partial charge in [-0.1, -0.05) is 12.1 Å². The number of benzene rings is 1. The summed E-state index contributed by atoms with van der Waals surface area (Å²) in [5.41, 5.74) is 7.28. The molecular formula is C20H29N5O2. The standard InChI is InChI=1S/C20H29N5O2/c1-20(2,3)27-19(26)25-11-7-8-14(13-25)12-24(4)18-17(21)22-15-9-5-6-10-16(15)23-18/h5-6,9-10,14H,7-8,11-13H2,1-4H3,(H2,21,22)/t14-/m1/s1. The first-order valence-electron chi connectivity index (χ1n) is 9.44. The molecule has 7 nitrogen and oxygen atoms in total. The lowest BCUT2D eigenvalue weighted by molar-refractivity contribution is 0.0170. The quantitative estimate of drug-likeness (QED) is 0.891. The molecule has 1 saturated heterocycles. The van der Waals surface area contributed by atoms with Crippen LogP contribution in [0.1, 0.15) is 33.6 Å². The molecular weight excluding hydrogens is 342 g/mol. The highest BCUT2D eigenvalue weighted by Crippen LogP contribution is 2.25. The van der Waals surface area contributed by atoms with Crippen LogP contribution in [-0.4, -0.2) is 53.2 Å². The zero-order valence-corrected chi connectivity index (χ0v) is 16.6. The van der Waals surface area contributed by atoms with E-state index in [0.29, 0.717) is 24.1 Å². The van der Waals surface area contributed by atoms with Crippen LogP contribution < -0.4 is 10.6 Å². The number of para-hydroxylation sites is 2. The van der Waals surface area contributed by atoms with Gasteiger partial charge in [0.15, 0.2) is 11.6 Å². The highest BCUT2D eigenvalue weighted by atomic mass is 16.6. The Hall–Kier alpha value is -2.57. The Morgan fingerprint density at radius 2 is 1.96 bits per heavy atom. The van der Waals surface area contributed by atoms with Crippen LogP contribution in [0.15, 0.2) is 24.3 Å². The third-order valence-corrected chi connectivity index (χ3v) is 4.64. The Balaban J connectivity index is 1.68. The average molecular weight is 371 g/mol. The van der Waals surface area contributed by atoms with Crippen molar-refractivity contribution in [2.24, 2.45) is 5.92 Å². The van der Waals surface area contributed by atoms with Crippen LogP contribution in [0.2, 0.25) is 0 Å². The maximum Gasteiger partial charge on any atom is 0.410 e. The number of fused-ring (bicyclic) bond motifs is 1. The van der Waals surface area contributed by atoms with Crippen molar-refractivity contribution in [2.75, 3.05) is 37.3 Å². The van der Waals surface area contributed by atoms with Crippen molar-refractivity contribution in [2.45, 2.75) is 39.2 Å². The summed E-state index contributed by atoms with van der Waals surface area (Å²) in [6, 6.07) is 7.70. The SMILES string of the molecule is CN(C[C@H]1CCCN(C(=O)OC(C)(C)C)C1)c1nc2ccccc2nc1N. The molecule has 146 valence electrons.